The summed E-state index contributed by atoms with van der Waals surface area (Å²) in [4.78, 5) is 38.0. The summed E-state index contributed by atoms with van der Waals surface area (Å²) in [6, 6.07) is 27.7. The molecule has 0 spiro atoms. The Morgan fingerprint density at radius 1 is 0.647 bits per heavy atom. The van der Waals surface area contributed by atoms with Crippen LogP contribution in [0.5, 0.6) is 0 Å². The minimum atomic E-state index is -1.55. The van der Waals surface area contributed by atoms with Crippen molar-refractivity contribution in [3.63, 3.8) is 0 Å². The molecule has 0 aromatic heterocycles. The number of esters is 2. The molecule has 6 heteroatoms. The number of hydrogen-bond donors (Lipinski definition) is 1. The van der Waals surface area contributed by atoms with Crippen LogP contribution in [0.3, 0.4) is 0 Å². The Morgan fingerprint density at radius 2 is 1.06 bits per heavy atom. The zero-order chi connectivity index (χ0) is 24.2. The second kappa shape index (κ2) is 12.9. The number of hydrogen-bond acceptors (Lipinski definition) is 5. The van der Waals surface area contributed by atoms with Crippen molar-refractivity contribution in [2.45, 2.75) is 32.5 Å². The smallest absolute Gasteiger partial charge is 0.321 e. The highest BCUT2D eigenvalue weighted by atomic mass is 16.6. The molecule has 3 aromatic carbocycles. The largest absolute Gasteiger partial charge is 0.481 e. The first-order chi connectivity index (χ1) is 16.5. The molecule has 0 amide bonds. The van der Waals surface area contributed by atoms with Crippen LogP contribution in [0, 0.1) is 11.8 Å². The second-order valence-corrected chi connectivity index (χ2v) is 7.99. The van der Waals surface area contributed by atoms with E-state index in [0.717, 1.165) is 16.7 Å². The van der Waals surface area contributed by atoms with Gasteiger partial charge in [-0.3, -0.25) is 14.4 Å². The molecule has 176 valence electrons. The molecule has 1 N–H and O–H groups in total. The van der Waals surface area contributed by atoms with Crippen molar-refractivity contribution >= 4 is 17.9 Å². The molecule has 0 unspecified atom stereocenters. The maximum absolute atomic E-state index is 13.0. The van der Waals surface area contributed by atoms with Crippen LogP contribution in [0.1, 0.15) is 29.5 Å². The molecular formula is C28H28O6. The van der Waals surface area contributed by atoms with Crippen molar-refractivity contribution in [3.8, 4) is 0 Å². The van der Waals surface area contributed by atoms with Gasteiger partial charge in [0.15, 0.2) is 5.92 Å². The van der Waals surface area contributed by atoms with Crippen molar-refractivity contribution in [1.29, 1.82) is 0 Å². The van der Waals surface area contributed by atoms with Gasteiger partial charge in [-0.25, -0.2) is 0 Å². The third-order valence-corrected chi connectivity index (χ3v) is 5.50. The molecule has 0 bridgehead atoms. The molecule has 3 rings (SSSR count). The van der Waals surface area contributed by atoms with Gasteiger partial charge in [-0.1, -0.05) is 91.0 Å². The Labute approximate surface area is 199 Å². The summed E-state index contributed by atoms with van der Waals surface area (Å²) in [6.07, 6.45) is 1.26. The average molecular weight is 461 g/mol. The fraction of sp³-hybridized carbons (Fsp3) is 0.250. The lowest BCUT2D eigenvalue weighted by molar-refractivity contribution is -0.171. The van der Waals surface area contributed by atoms with Crippen LogP contribution in [0.4, 0.5) is 0 Å². The monoisotopic (exact) mass is 460 g/mol. The number of carbonyl (C=O) groups excluding carboxylic acids is 2. The predicted molar refractivity (Wildman–Crippen MR) is 126 cm³/mol. The van der Waals surface area contributed by atoms with E-state index < -0.39 is 29.7 Å². The number of carboxylic acid groups (broad SMARTS) is 1. The molecule has 0 heterocycles. The van der Waals surface area contributed by atoms with Crippen molar-refractivity contribution in [1.82, 2.24) is 0 Å². The molecule has 34 heavy (non-hydrogen) atoms. The molecule has 0 radical (unpaired) electrons. The van der Waals surface area contributed by atoms with Gasteiger partial charge in [-0.2, -0.15) is 0 Å². The maximum atomic E-state index is 13.0. The zero-order valence-corrected chi connectivity index (χ0v) is 18.8. The summed E-state index contributed by atoms with van der Waals surface area (Å²) in [6.45, 7) is -0.114. The number of ether oxygens (including phenoxy) is 2. The number of aryl methyl sites for hydroxylation is 1. The third-order valence-electron chi connectivity index (χ3n) is 5.50. The van der Waals surface area contributed by atoms with Crippen LogP contribution >= 0.6 is 0 Å². The van der Waals surface area contributed by atoms with E-state index in [0.29, 0.717) is 12.8 Å². The standard InChI is InChI=1S/C28H28O6/c29-26(30)24(18-10-17-21-11-4-1-5-12-21)25(27(31)33-19-22-13-6-2-7-14-22)28(32)34-20-23-15-8-3-9-16-23/h1-9,11-16,24-25H,10,17-20H2,(H,29,30)/t24-/m1/s1. The predicted octanol–water partition coefficient (Wildman–Crippen LogP) is 4.81. The van der Waals surface area contributed by atoms with E-state index >= 15 is 0 Å². The lowest BCUT2D eigenvalue weighted by Crippen LogP contribution is -2.38. The Balaban J connectivity index is 1.71. The van der Waals surface area contributed by atoms with Crippen LogP contribution in [0.25, 0.3) is 0 Å². The lowest BCUT2D eigenvalue weighted by atomic mass is 9.87. The molecule has 0 fully saturated rings. The van der Waals surface area contributed by atoms with Gasteiger partial charge < -0.3 is 14.6 Å². The Kier molecular flexibility index (Phi) is 9.40. The number of carboxylic acids is 1. The topological polar surface area (TPSA) is 89.9 Å². The van der Waals surface area contributed by atoms with Gasteiger partial charge in [-0.15, -0.1) is 0 Å². The number of benzene rings is 3. The molecular weight excluding hydrogens is 432 g/mol. The van der Waals surface area contributed by atoms with E-state index in [1.165, 1.54) is 0 Å². The first kappa shape index (κ1) is 24.7. The summed E-state index contributed by atoms with van der Waals surface area (Å²) >= 11 is 0. The maximum Gasteiger partial charge on any atom is 0.321 e. The van der Waals surface area contributed by atoms with Crippen LogP contribution in [0.2, 0.25) is 0 Å². The Morgan fingerprint density at radius 3 is 1.47 bits per heavy atom. The van der Waals surface area contributed by atoms with Gasteiger partial charge >= 0.3 is 17.9 Å². The van der Waals surface area contributed by atoms with Gasteiger partial charge in [0.05, 0.1) is 5.92 Å². The SMILES string of the molecule is O=C(OCc1ccccc1)C(C(=O)OCc1ccccc1)[C@@H](CCCc1ccccc1)C(=O)O. The van der Waals surface area contributed by atoms with E-state index in [-0.39, 0.29) is 19.6 Å². The van der Waals surface area contributed by atoms with Crippen molar-refractivity contribution in [2.75, 3.05) is 0 Å². The Hall–Kier alpha value is -3.93. The molecule has 3 aromatic rings. The molecule has 0 aliphatic heterocycles. The highest BCUT2D eigenvalue weighted by Crippen LogP contribution is 2.24. The van der Waals surface area contributed by atoms with Crippen LogP contribution < -0.4 is 0 Å². The van der Waals surface area contributed by atoms with Crippen LogP contribution in [-0.4, -0.2) is 23.0 Å². The Bertz CT molecular complexity index is 995. The van der Waals surface area contributed by atoms with E-state index in [9.17, 15) is 19.5 Å². The molecule has 0 saturated heterocycles. The summed E-state index contributed by atoms with van der Waals surface area (Å²) < 4.78 is 10.7. The third kappa shape index (κ3) is 7.59. The number of rotatable bonds is 12. The fourth-order valence-electron chi connectivity index (χ4n) is 3.67. The normalized spacial score (nSPS) is 11.6. The molecule has 0 saturated carbocycles. The fourth-order valence-corrected chi connectivity index (χ4v) is 3.67. The lowest BCUT2D eigenvalue weighted by Gasteiger charge is -2.21. The average Bonchev–Trinajstić information content (AvgIpc) is 2.87. The second-order valence-electron chi connectivity index (χ2n) is 7.99. The van der Waals surface area contributed by atoms with E-state index in [1.54, 1.807) is 48.5 Å². The minimum Gasteiger partial charge on any atom is -0.481 e. The number of aliphatic carboxylic acids is 1. The summed E-state index contributed by atoms with van der Waals surface area (Å²) in [5, 5.41) is 9.89. The quantitative estimate of drug-likeness (QED) is 0.308. The molecule has 6 nitrogen and oxygen atoms in total. The van der Waals surface area contributed by atoms with E-state index in [4.69, 9.17) is 9.47 Å². The summed E-state index contributed by atoms with van der Waals surface area (Å²) in [5.41, 5.74) is 2.54. The highest BCUT2D eigenvalue weighted by molar-refractivity contribution is 5.98. The first-order valence-corrected chi connectivity index (χ1v) is 11.2. The van der Waals surface area contributed by atoms with Gasteiger partial charge in [0, 0.05) is 0 Å². The number of carbonyl (C=O) groups is 3. The van der Waals surface area contributed by atoms with Gasteiger partial charge in [0.1, 0.15) is 13.2 Å². The highest BCUT2D eigenvalue weighted by Gasteiger charge is 2.41. The molecule has 1 atom stereocenters. The minimum absolute atomic E-state index is 0.0571. The van der Waals surface area contributed by atoms with Crippen molar-refractivity contribution in [3.05, 3.63) is 108 Å². The van der Waals surface area contributed by atoms with Crippen LogP contribution in [-0.2, 0) is 43.5 Å². The van der Waals surface area contributed by atoms with E-state index in [1.807, 2.05) is 42.5 Å². The zero-order valence-electron chi connectivity index (χ0n) is 18.8. The van der Waals surface area contributed by atoms with E-state index in [2.05, 4.69) is 0 Å². The van der Waals surface area contributed by atoms with Gasteiger partial charge in [0.25, 0.3) is 0 Å². The summed E-state index contributed by atoms with van der Waals surface area (Å²) in [5.74, 6) is -5.83. The molecule has 0 aliphatic carbocycles. The van der Waals surface area contributed by atoms with Crippen molar-refractivity contribution < 1.29 is 29.0 Å². The van der Waals surface area contributed by atoms with Crippen molar-refractivity contribution in [2.24, 2.45) is 11.8 Å². The van der Waals surface area contributed by atoms with Crippen LogP contribution in [0.15, 0.2) is 91.0 Å². The van der Waals surface area contributed by atoms with Gasteiger partial charge in [-0.05, 0) is 36.0 Å². The molecule has 0 aliphatic rings. The van der Waals surface area contributed by atoms with Gasteiger partial charge in [0.2, 0.25) is 0 Å². The first-order valence-electron chi connectivity index (χ1n) is 11.2. The summed E-state index contributed by atoms with van der Waals surface area (Å²) in [7, 11) is 0.